The van der Waals surface area contributed by atoms with Crippen molar-refractivity contribution in [3.8, 4) is 0 Å². The highest BCUT2D eigenvalue weighted by molar-refractivity contribution is 5.67. The van der Waals surface area contributed by atoms with Crippen molar-refractivity contribution in [1.82, 2.24) is 0 Å². The topological polar surface area (TPSA) is 66.8 Å². The highest BCUT2D eigenvalue weighted by Gasteiger charge is 2.27. The van der Waals surface area contributed by atoms with Crippen molar-refractivity contribution >= 4 is 5.97 Å². The third kappa shape index (κ3) is 6.73. The van der Waals surface area contributed by atoms with Gasteiger partial charge >= 0.3 is 5.97 Å². The van der Waals surface area contributed by atoms with Crippen LogP contribution in [0.25, 0.3) is 0 Å². The number of allylic oxidation sites excluding steroid dienone is 3. The van der Waals surface area contributed by atoms with E-state index in [2.05, 4.69) is 19.9 Å². The molecule has 0 aromatic rings. The van der Waals surface area contributed by atoms with Crippen molar-refractivity contribution in [2.75, 3.05) is 6.61 Å². The summed E-state index contributed by atoms with van der Waals surface area (Å²) in [5.41, 5.74) is 2.51. The summed E-state index contributed by atoms with van der Waals surface area (Å²) >= 11 is 0. The van der Waals surface area contributed by atoms with Crippen molar-refractivity contribution in [2.45, 2.75) is 83.8 Å². The third-order valence-corrected chi connectivity index (χ3v) is 5.46. The van der Waals surface area contributed by atoms with E-state index in [9.17, 15) is 9.90 Å². The SMILES string of the molecule is CCCC/C(=C\C1(C)CCCC1)COC1C=CC(CCC(=O)O)=CC1O. The molecule has 1 fully saturated rings. The molecule has 2 unspecified atom stereocenters. The van der Waals surface area contributed by atoms with E-state index in [1.54, 1.807) is 6.08 Å². The van der Waals surface area contributed by atoms with Crippen LogP contribution in [0.4, 0.5) is 0 Å². The summed E-state index contributed by atoms with van der Waals surface area (Å²) in [6, 6.07) is 0. The van der Waals surface area contributed by atoms with Crippen LogP contribution >= 0.6 is 0 Å². The first-order valence-corrected chi connectivity index (χ1v) is 10.0. The number of carboxylic acids is 1. The molecule has 0 amide bonds. The number of aliphatic carboxylic acids is 1. The third-order valence-electron chi connectivity index (χ3n) is 5.46. The van der Waals surface area contributed by atoms with E-state index in [1.165, 1.54) is 31.3 Å². The monoisotopic (exact) mass is 362 g/mol. The Morgan fingerprint density at radius 2 is 2.08 bits per heavy atom. The van der Waals surface area contributed by atoms with Gasteiger partial charge in [-0.15, -0.1) is 0 Å². The van der Waals surface area contributed by atoms with Gasteiger partial charge in [-0.2, -0.15) is 0 Å². The average molecular weight is 363 g/mol. The Labute approximate surface area is 157 Å². The Bertz CT molecular complexity index is 552. The molecule has 0 bridgehead atoms. The van der Waals surface area contributed by atoms with Gasteiger partial charge in [-0.05, 0) is 48.7 Å². The Balaban J connectivity index is 1.91. The van der Waals surface area contributed by atoms with E-state index in [4.69, 9.17) is 9.84 Å². The summed E-state index contributed by atoms with van der Waals surface area (Å²) in [5, 5.41) is 19.1. The molecule has 0 spiro atoms. The summed E-state index contributed by atoms with van der Waals surface area (Å²) in [6.45, 7) is 5.10. The maximum absolute atomic E-state index is 10.7. The molecule has 146 valence electrons. The summed E-state index contributed by atoms with van der Waals surface area (Å²) in [7, 11) is 0. The molecule has 2 N–H and O–H groups in total. The van der Waals surface area contributed by atoms with Crippen LogP contribution < -0.4 is 0 Å². The minimum absolute atomic E-state index is 0.0803. The van der Waals surface area contributed by atoms with Gasteiger partial charge in [0.15, 0.2) is 0 Å². The zero-order valence-corrected chi connectivity index (χ0v) is 16.2. The minimum Gasteiger partial charge on any atom is -0.481 e. The van der Waals surface area contributed by atoms with Gasteiger partial charge in [0.05, 0.1) is 6.61 Å². The maximum Gasteiger partial charge on any atom is 0.303 e. The van der Waals surface area contributed by atoms with Crippen LogP contribution in [0.3, 0.4) is 0 Å². The van der Waals surface area contributed by atoms with Gasteiger partial charge in [-0.1, -0.05) is 57.4 Å². The predicted molar refractivity (Wildman–Crippen MR) is 104 cm³/mol. The molecule has 0 aromatic carbocycles. The molecular formula is C22H34O4. The second-order valence-corrected chi connectivity index (χ2v) is 8.03. The van der Waals surface area contributed by atoms with Gasteiger partial charge in [0.1, 0.15) is 12.2 Å². The van der Waals surface area contributed by atoms with Crippen LogP contribution in [0.1, 0.15) is 71.6 Å². The molecule has 0 aliphatic heterocycles. The van der Waals surface area contributed by atoms with Gasteiger partial charge in [0, 0.05) is 6.42 Å². The molecule has 26 heavy (non-hydrogen) atoms. The number of ether oxygens (including phenoxy) is 1. The first-order chi connectivity index (χ1) is 12.4. The summed E-state index contributed by atoms with van der Waals surface area (Å²) in [4.78, 5) is 10.7. The molecule has 2 rings (SSSR count). The maximum atomic E-state index is 10.7. The van der Waals surface area contributed by atoms with Gasteiger partial charge in [0.2, 0.25) is 0 Å². The summed E-state index contributed by atoms with van der Waals surface area (Å²) in [6.07, 6.45) is 15.9. The van der Waals surface area contributed by atoms with E-state index in [-0.39, 0.29) is 12.5 Å². The molecule has 4 nitrogen and oxygen atoms in total. The van der Waals surface area contributed by atoms with Crippen LogP contribution in [0.2, 0.25) is 0 Å². The van der Waals surface area contributed by atoms with Crippen LogP contribution in [-0.2, 0) is 9.53 Å². The lowest BCUT2D eigenvalue weighted by atomic mass is 9.86. The van der Waals surface area contributed by atoms with Crippen molar-refractivity contribution < 1.29 is 19.7 Å². The van der Waals surface area contributed by atoms with E-state index in [1.807, 2.05) is 12.2 Å². The van der Waals surface area contributed by atoms with Crippen molar-refractivity contribution in [3.05, 3.63) is 35.5 Å². The van der Waals surface area contributed by atoms with E-state index in [0.29, 0.717) is 18.4 Å². The van der Waals surface area contributed by atoms with Crippen LogP contribution in [0.15, 0.2) is 35.5 Å². The first kappa shape index (κ1) is 20.9. The number of unbranched alkanes of at least 4 members (excludes halogenated alkanes) is 1. The highest BCUT2D eigenvalue weighted by Crippen LogP contribution is 2.40. The smallest absolute Gasteiger partial charge is 0.303 e. The van der Waals surface area contributed by atoms with Crippen molar-refractivity contribution in [3.63, 3.8) is 0 Å². The second kappa shape index (κ2) is 10.1. The second-order valence-electron chi connectivity index (χ2n) is 8.03. The van der Waals surface area contributed by atoms with Gasteiger partial charge in [0.25, 0.3) is 0 Å². The number of carboxylic acid groups (broad SMARTS) is 1. The molecule has 2 aliphatic rings. The zero-order valence-electron chi connectivity index (χ0n) is 16.2. The standard InChI is InChI=1S/C22H34O4/c1-3-4-7-18(15-22(2)12-5-6-13-22)16-26-20-10-8-17(14-19(20)23)9-11-21(24)25/h8,10,14-15,19-20,23H,3-7,9,11-13,16H2,1-2H3,(H,24,25)/b18-15+. The van der Waals surface area contributed by atoms with Crippen LogP contribution in [0, 0.1) is 5.41 Å². The molecule has 0 radical (unpaired) electrons. The van der Waals surface area contributed by atoms with Crippen LogP contribution in [-0.4, -0.2) is 35.0 Å². The van der Waals surface area contributed by atoms with Gasteiger partial charge in [-0.3, -0.25) is 4.79 Å². The molecule has 2 aliphatic carbocycles. The number of hydrogen-bond donors (Lipinski definition) is 2. The van der Waals surface area contributed by atoms with E-state index < -0.39 is 12.1 Å². The first-order valence-electron chi connectivity index (χ1n) is 10.0. The highest BCUT2D eigenvalue weighted by atomic mass is 16.5. The predicted octanol–water partition coefficient (Wildman–Crippen LogP) is 4.79. The Hall–Kier alpha value is -1.39. The lowest BCUT2D eigenvalue weighted by Crippen LogP contribution is -2.28. The van der Waals surface area contributed by atoms with Crippen molar-refractivity contribution in [1.29, 1.82) is 0 Å². The Morgan fingerprint density at radius 3 is 2.69 bits per heavy atom. The van der Waals surface area contributed by atoms with Gasteiger partial charge in [-0.25, -0.2) is 0 Å². The number of hydrogen-bond acceptors (Lipinski definition) is 3. The normalized spacial score (nSPS) is 25.3. The average Bonchev–Trinajstić information content (AvgIpc) is 3.02. The largest absolute Gasteiger partial charge is 0.481 e. The molecule has 0 saturated heterocycles. The summed E-state index contributed by atoms with van der Waals surface area (Å²) < 4.78 is 6.02. The lowest BCUT2D eigenvalue weighted by Gasteiger charge is -2.25. The van der Waals surface area contributed by atoms with E-state index in [0.717, 1.165) is 24.8 Å². The Kier molecular flexibility index (Phi) is 8.11. The summed E-state index contributed by atoms with van der Waals surface area (Å²) in [5.74, 6) is -0.821. The van der Waals surface area contributed by atoms with Crippen LogP contribution in [0.5, 0.6) is 0 Å². The molecule has 4 heteroatoms. The number of rotatable bonds is 10. The molecule has 1 saturated carbocycles. The van der Waals surface area contributed by atoms with Crippen molar-refractivity contribution in [2.24, 2.45) is 5.41 Å². The number of aliphatic hydroxyl groups excluding tert-OH is 1. The number of carbonyl (C=O) groups is 1. The van der Waals surface area contributed by atoms with Gasteiger partial charge < -0.3 is 14.9 Å². The quantitative estimate of drug-likeness (QED) is 0.548. The fraction of sp³-hybridized carbons (Fsp3) is 0.682. The molecular weight excluding hydrogens is 328 g/mol. The number of aliphatic hydroxyl groups is 1. The fourth-order valence-electron chi connectivity index (χ4n) is 3.89. The Morgan fingerprint density at radius 1 is 1.35 bits per heavy atom. The minimum atomic E-state index is -0.821. The molecule has 0 aromatic heterocycles. The zero-order chi connectivity index (χ0) is 19.0. The van der Waals surface area contributed by atoms with E-state index >= 15 is 0 Å². The molecule has 2 atom stereocenters. The lowest BCUT2D eigenvalue weighted by molar-refractivity contribution is -0.136. The molecule has 0 heterocycles. The fourth-order valence-corrected chi connectivity index (χ4v) is 3.89.